The number of phenolic OH excluding ortho intramolecular Hbond substituents is 1. The van der Waals surface area contributed by atoms with Crippen molar-refractivity contribution in [1.82, 2.24) is 9.55 Å². The lowest BCUT2D eigenvalue weighted by molar-refractivity contribution is -0.116. The highest BCUT2D eigenvalue weighted by Gasteiger charge is 2.31. The number of hydrogen-bond acceptors (Lipinski definition) is 3. The van der Waals surface area contributed by atoms with E-state index in [4.69, 9.17) is 0 Å². The number of carbonyl (C=O) groups is 1. The molecule has 0 aliphatic carbocycles. The quantitative estimate of drug-likeness (QED) is 0.761. The van der Waals surface area contributed by atoms with Gasteiger partial charge in [0.2, 0.25) is 5.91 Å². The molecule has 1 aliphatic rings. The zero-order valence-electron chi connectivity index (χ0n) is 12.6. The first-order valence-electron chi connectivity index (χ1n) is 7.54. The molecule has 1 aliphatic heterocycles. The van der Waals surface area contributed by atoms with E-state index in [1.165, 1.54) is 12.1 Å². The largest absolute Gasteiger partial charge is 0.508 e. The molecule has 0 saturated carbocycles. The first-order chi connectivity index (χ1) is 11.6. The Balaban J connectivity index is 1.85. The first kappa shape index (κ1) is 14.4. The number of amides is 1. The van der Waals surface area contributed by atoms with Gasteiger partial charge in [0.1, 0.15) is 17.9 Å². The molecule has 120 valence electrons. The minimum absolute atomic E-state index is 0.107. The van der Waals surface area contributed by atoms with Crippen LogP contribution < -0.4 is 5.32 Å². The highest BCUT2D eigenvalue weighted by Crippen LogP contribution is 2.38. The number of nitrogens with one attached hydrogen (secondary N) is 1. The Morgan fingerprint density at radius 3 is 2.54 bits per heavy atom. The number of anilines is 1. The maximum absolute atomic E-state index is 13.2. The van der Waals surface area contributed by atoms with E-state index in [0.717, 1.165) is 16.9 Å². The summed E-state index contributed by atoms with van der Waals surface area (Å²) in [5.41, 5.74) is 2.52. The van der Waals surface area contributed by atoms with Crippen LogP contribution in [0.1, 0.15) is 23.6 Å². The van der Waals surface area contributed by atoms with Crippen molar-refractivity contribution in [3.63, 3.8) is 0 Å². The molecule has 0 saturated heterocycles. The van der Waals surface area contributed by atoms with Gasteiger partial charge in [0.15, 0.2) is 5.82 Å². The number of aromatic nitrogens is 2. The number of carbonyl (C=O) groups excluding carboxylic acids is 1. The molecule has 1 atom stereocenters. The van der Waals surface area contributed by atoms with Crippen molar-refractivity contribution in [2.75, 3.05) is 5.32 Å². The van der Waals surface area contributed by atoms with Gasteiger partial charge < -0.3 is 15.0 Å². The summed E-state index contributed by atoms with van der Waals surface area (Å²) in [5, 5.41) is 12.3. The predicted molar refractivity (Wildman–Crippen MR) is 86.7 cm³/mol. The van der Waals surface area contributed by atoms with E-state index in [2.05, 4.69) is 10.3 Å². The van der Waals surface area contributed by atoms with E-state index in [-0.39, 0.29) is 29.8 Å². The van der Waals surface area contributed by atoms with E-state index >= 15 is 0 Å². The molecule has 2 N–H and O–H groups in total. The molecule has 0 fully saturated rings. The average Bonchev–Trinajstić information content (AvgIpc) is 2.99. The lowest BCUT2D eigenvalue weighted by Gasteiger charge is -2.24. The zero-order valence-corrected chi connectivity index (χ0v) is 12.6. The van der Waals surface area contributed by atoms with Crippen molar-refractivity contribution >= 4 is 11.7 Å². The number of nitrogens with zero attached hydrogens (tertiary/aromatic N) is 2. The minimum Gasteiger partial charge on any atom is -0.508 e. The second-order valence-corrected chi connectivity index (χ2v) is 5.72. The van der Waals surface area contributed by atoms with Gasteiger partial charge in [-0.1, -0.05) is 12.1 Å². The van der Waals surface area contributed by atoms with Gasteiger partial charge in [-0.2, -0.15) is 0 Å². The van der Waals surface area contributed by atoms with Gasteiger partial charge in [-0.15, -0.1) is 0 Å². The fourth-order valence-corrected chi connectivity index (χ4v) is 3.04. The molecule has 4 rings (SSSR count). The van der Waals surface area contributed by atoms with E-state index in [1.807, 2.05) is 4.57 Å². The number of hydrogen-bond donors (Lipinski definition) is 2. The topological polar surface area (TPSA) is 67.1 Å². The van der Waals surface area contributed by atoms with E-state index in [9.17, 15) is 14.3 Å². The lowest BCUT2D eigenvalue weighted by Crippen LogP contribution is -2.25. The minimum atomic E-state index is -0.309. The summed E-state index contributed by atoms with van der Waals surface area (Å²) in [5.74, 6) is 0.0721. The van der Waals surface area contributed by atoms with E-state index in [0.29, 0.717) is 5.82 Å². The zero-order chi connectivity index (χ0) is 16.7. The summed E-state index contributed by atoms with van der Waals surface area (Å²) in [7, 11) is 0. The molecular weight excluding hydrogens is 309 g/mol. The number of fused-ring (bicyclic) bond motifs is 1. The molecule has 2 heterocycles. The van der Waals surface area contributed by atoms with Crippen LogP contribution in [-0.2, 0) is 4.79 Å². The van der Waals surface area contributed by atoms with Gasteiger partial charge in [0, 0.05) is 18.0 Å². The average molecular weight is 323 g/mol. The second-order valence-electron chi connectivity index (χ2n) is 5.72. The maximum Gasteiger partial charge on any atom is 0.226 e. The molecule has 0 spiro atoms. The summed E-state index contributed by atoms with van der Waals surface area (Å²) in [4.78, 5) is 16.3. The third-order valence-corrected chi connectivity index (χ3v) is 4.18. The Morgan fingerprint density at radius 1 is 1.12 bits per heavy atom. The molecular formula is C18H14FN3O2. The van der Waals surface area contributed by atoms with Crippen LogP contribution in [0.15, 0.2) is 54.9 Å². The maximum atomic E-state index is 13.2. The van der Waals surface area contributed by atoms with Crippen LogP contribution in [0.5, 0.6) is 5.75 Å². The highest BCUT2D eigenvalue weighted by molar-refractivity contribution is 5.94. The van der Waals surface area contributed by atoms with Gasteiger partial charge in [-0.25, -0.2) is 9.37 Å². The molecule has 1 unspecified atom stereocenters. The van der Waals surface area contributed by atoms with Crippen molar-refractivity contribution in [1.29, 1.82) is 0 Å². The summed E-state index contributed by atoms with van der Waals surface area (Å²) in [6.45, 7) is 0. The van der Waals surface area contributed by atoms with Crippen molar-refractivity contribution in [2.24, 2.45) is 0 Å². The number of aromatic hydroxyl groups is 1. The van der Waals surface area contributed by atoms with Crippen LogP contribution in [0.4, 0.5) is 10.2 Å². The fourth-order valence-electron chi connectivity index (χ4n) is 3.04. The molecule has 5 nitrogen and oxygen atoms in total. The van der Waals surface area contributed by atoms with Crippen molar-refractivity contribution in [3.05, 3.63) is 71.9 Å². The van der Waals surface area contributed by atoms with Gasteiger partial charge in [0.25, 0.3) is 0 Å². The molecule has 24 heavy (non-hydrogen) atoms. The molecule has 2 aromatic carbocycles. The predicted octanol–water partition coefficient (Wildman–Crippen LogP) is 3.19. The van der Waals surface area contributed by atoms with Crippen molar-refractivity contribution < 1.29 is 14.3 Å². The lowest BCUT2D eigenvalue weighted by atomic mass is 9.89. The summed E-state index contributed by atoms with van der Waals surface area (Å²) in [6, 6.07) is 12.9. The van der Waals surface area contributed by atoms with E-state index in [1.54, 1.807) is 42.7 Å². The Labute approximate surface area is 137 Å². The van der Waals surface area contributed by atoms with Gasteiger partial charge in [0.05, 0.1) is 5.69 Å². The van der Waals surface area contributed by atoms with Crippen LogP contribution in [0, 0.1) is 5.82 Å². The molecule has 1 amide bonds. The SMILES string of the molecule is O=C1CC(c2ccc(O)cc2)c2c(ncn2-c2ccc(F)cc2)N1. The fraction of sp³-hybridized carbons (Fsp3) is 0.111. The summed E-state index contributed by atoms with van der Waals surface area (Å²) < 4.78 is 15.0. The Morgan fingerprint density at radius 2 is 1.83 bits per heavy atom. The first-order valence-corrected chi connectivity index (χ1v) is 7.54. The van der Waals surface area contributed by atoms with Gasteiger partial charge in [-0.3, -0.25) is 4.79 Å². The van der Waals surface area contributed by atoms with Crippen molar-refractivity contribution in [3.8, 4) is 11.4 Å². The number of halogens is 1. The number of phenols is 1. The second kappa shape index (κ2) is 5.49. The van der Waals surface area contributed by atoms with Crippen molar-refractivity contribution in [2.45, 2.75) is 12.3 Å². The van der Waals surface area contributed by atoms with Crippen LogP contribution in [0.2, 0.25) is 0 Å². The van der Waals surface area contributed by atoms with Gasteiger partial charge >= 0.3 is 0 Å². The Hall–Kier alpha value is -3.15. The molecule has 0 radical (unpaired) electrons. The summed E-state index contributed by atoms with van der Waals surface area (Å²) in [6.07, 6.45) is 1.90. The standard InChI is InChI=1S/C18H14FN3O2/c19-12-3-5-13(6-4-12)22-10-20-18-17(22)15(9-16(24)21-18)11-1-7-14(23)8-2-11/h1-8,10,15,23H,9H2,(H,21,24). The molecule has 6 heteroatoms. The number of benzene rings is 2. The number of imidazole rings is 1. The molecule has 0 bridgehead atoms. The normalized spacial score (nSPS) is 16.5. The van der Waals surface area contributed by atoms with Crippen LogP contribution >= 0.6 is 0 Å². The Bertz CT molecular complexity index is 901. The summed E-state index contributed by atoms with van der Waals surface area (Å²) >= 11 is 0. The van der Waals surface area contributed by atoms with E-state index < -0.39 is 0 Å². The van der Waals surface area contributed by atoms with Crippen LogP contribution in [-0.4, -0.2) is 20.6 Å². The number of rotatable bonds is 2. The van der Waals surface area contributed by atoms with Crippen LogP contribution in [0.3, 0.4) is 0 Å². The van der Waals surface area contributed by atoms with Crippen LogP contribution in [0.25, 0.3) is 5.69 Å². The highest BCUT2D eigenvalue weighted by atomic mass is 19.1. The monoisotopic (exact) mass is 323 g/mol. The third-order valence-electron chi connectivity index (χ3n) is 4.18. The smallest absolute Gasteiger partial charge is 0.226 e. The molecule has 3 aromatic rings. The Kier molecular flexibility index (Phi) is 3.30. The van der Waals surface area contributed by atoms with Gasteiger partial charge in [-0.05, 0) is 42.0 Å². The third kappa shape index (κ3) is 2.42. The molecule has 1 aromatic heterocycles.